The van der Waals surface area contributed by atoms with E-state index in [1.165, 1.54) is 6.92 Å². The number of ketones is 1. The van der Waals surface area contributed by atoms with E-state index in [1.807, 2.05) is 54.6 Å². The fourth-order valence-corrected chi connectivity index (χ4v) is 4.43. The molecule has 2 atom stereocenters. The van der Waals surface area contributed by atoms with Crippen molar-refractivity contribution in [2.45, 2.75) is 38.8 Å². The van der Waals surface area contributed by atoms with E-state index in [0.29, 0.717) is 24.5 Å². The number of rotatable bonds is 7. The Kier molecular flexibility index (Phi) is 6.84. The van der Waals surface area contributed by atoms with Crippen LogP contribution < -0.4 is 16.1 Å². The molecule has 4 rings (SSSR count). The minimum Gasteiger partial charge on any atom is -0.369 e. The first-order valence-electron chi connectivity index (χ1n) is 11.3. The van der Waals surface area contributed by atoms with Gasteiger partial charge in [0, 0.05) is 25.2 Å². The van der Waals surface area contributed by atoms with Gasteiger partial charge in [-0.05, 0) is 50.1 Å². The van der Waals surface area contributed by atoms with Crippen LogP contribution in [0.25, 0.3) is 0 Å². The SMILES string of the molecule is CC(=O)C1CC(C(=O)Nc2ccccc2CN2CCCC(C(N)=O)C2)=NN1c1ccccc1. The number of benzene rings is 2. The fourth-order valence-electron chi connectivity index (χ4n) is 4.43. The molecule has 2 aromatic rings. The molecule has 1 saturated heterocycles. The zero-order valence-corrected chi connectivity index (χ0v) is 18.7. The Hall–Kier alpha value is -3.52. The molecule has 33 heavy (non-hydrogen) atoms. The van der Waals surface area contributed by atoms with E-state index in [-0.39, 0.29) is 29.9 Å². The van der Waals surface area contributed by atoms with Gasteiger partial charge in [-0.2, -0.15) is 5.10 Å². The molecule has 0 radical (unpaired) electrons. The molecular formula is C25H29N5O3. The topological polar surface area (TPSA) is 108 Å². The van der Waals surface area contributed by atoms with Crippen molar-refractivity contribution in [3.63, 3.8) is 0 Å². The summed E-state index contributed by atoms with van der Waals surface area (Å²) in [6.45, 7) is 3.63. The minimum atomic E-state index is -0.498. The summed E-state index contributed by atoms with van der Waals surface area (Å²) in [6.07, 6.45) is 1.99. The lowest BCUT2D eigenvalue weighted by molar-refractivity contribution is -0.123. The van der Waals surface area contributed by atoms with Crippen LogP contribution in [0.1, 0.15) is 31.7 Å². The Morgan fingerprint density at radius 2 is 1.82 bits per heavy atom. The van der Waals surface area contributed by atoms with E-state index in [0.717, 1.165) is 30.6 Å². The zero-order valence-electron chi connectivity index (χ0n) is 18.7. The highest BCUT2D eigenvalue weighted by molar-refractivity contribution is 6.44. The number of hydrogen-bond donors (Lipinski definition) is 2. The van der Waals surface area contributed by atoms with Gasteiger partial charge in [-0.1, -0.05) is 36.4 Å². The molecule has 2 amide bonds. The Morgan fingerprint density at radius 1 is 1.09 bits per heavy atom. The third-order valence-corrected chi connectivity index (χ3v) is 6.23. The number of nitrogens with one attached hydrogen (secondary N) is 1. The second kappa shape index (κ2) is 9.95. The second-order valence-electron chi connectivity index (χ2n) is 8.65. The number of hydrogen-bond acceptors (Lipinski definition) is 6. The largest absolute Gasteiger partial charge is 0.369 e. The van der Waals surface area contributed by atoms with Gasteiger partial charge < -0.3 is 11.1 Å². The van der Waals surface area contributed by atoms with Crippen LogP contribution in [0.5, 0.6) is 0 Å². The van der Waals surface area contributed by atoms with Gasteiger partial charge in [0.2, 0.25) is 5.91 Å². The molecular weight excluding hydrogens is 418 g/mol. The van der Waals surface area contributed by atoms with Crippen molar-refractivity contribution >= 4 is 34.7 Å². The lowest BCUT2D eigenvalue weighted by Crippen LogP contribution is -2.40. The number of carbonyl (C=O) groups is 3. The van der Waals surface area contributed by atoms with Crippen LogP contribution in [0, 0.1) is 5.92 Å². The number of hydrazone groups is 1. The summed E-state index contributed by atoms with van der Waals surface area (Å²) in [6, 6.07) is 16.5. The lowest BCUT2D eigenvalue weighted by atomic mass is 9.97. The molecule has 8 heteroatoms. The maximum Gasteiger partial charge on any atom is 0.271 e. The van der Waals surface area contributed by atoms with Crippen molar-refractivity contribution in [3.8, 4) is 0 Å². The first-order chi connectivity index (χ1) is 15.9. The van der Waals surface area contributed by atoms with Gasteiger partial charge in [-0.15, -0.1) is 0 Å². The van der Waals surface area contributed by atoms with Crippen molar-refractivity contribution in [2.24, 2.45) is 16.8 Å². The van der Waals surface area contributed by atoms with Crippen LogP contribution in [0.4, 0.5) is 11.4 Å². The van der Waals surface area contributed by atoms with E-state index in [4.69, 9.17) is 5.73 Å². The zero-order chi connectivity index (χ0) is 23.4. The molecule has 2 unspecified atom stereocenters. The van der Waals surface area contributed by atoms with Crippen LogP contribution >= 0.6 is 0 Å². The summed E-state index contributed by atoms with van der Waals surface area (Å²) < 4.78 is 0. The summed E-state index contributed by atoms with van der Waals surface area (Å²) >= 11 is 0. The highest BCUT2D eigenvalue weighted by atomic mass is 16.2. The number of likely N-dealkylation sites (tertiary alicyclic amines) is 1. The molecule has 2 aromatic carbocycles. The van der Waals surface area contributed by atoms with Crippen LogP contribution in [0.2, 0.25) is 0 Å². The number of anilines is 2. The standard InChI is InChI=1S/C25H29N5O3/c1-17(31)23-14-22(28-30(23)20-10-3-2-4-11-20)25(33)27-21-12-6-5-8-18(21)15-29-13-7-9-19(16-29)24(26)32/h2-6,8,10-12,19,23H,7,9,13-16H2,1H3,(H2,26,32)(H,27,33). The number of carbonyl (C=O) groups excluding carboxylic acids is 3. The molecule has 2 aliphatic rings. The van der Waals surface area contributed by atoms with E-state index in [9.17, 15) is 14.4 Å². The third kappa shape index (κ3) is 5.28. The first-order valence-corrected chi connectivity index (χ1v) is 11.3. The predicted molar refractivity (Wildman–Crippen MR) is 128 cm³/mol. The van der Waals surface area contributed by atoms with Crippen LogP contribution in [-0.2, 0) is 20.9 Å². The highest BCUT2D eigenvalue weighted by Gasteiger charge is 2.34. The van der Waals surface area contributed by atoms with E-state index < -0.39 is 6.04 Å². The fraction of sp³-hybridized carbons (Fsp3) is 0.360. The Bertz CT molecular complexity index is 1070. The predicted octanol–water partition coefficient (Wildman–Crippen LogP) is 2.55. The van der Waals surface area contributed by atoms with Crippen molar-refractivity contribution in [3.05, 3.63) is 60.2 Å². The number of amides is 2. The number of piperidine rings is 1. The normalized spacial score (nSPS) is 20.9. The van der Waals surface area contributed by atoms with Crippen molar-refractivity contribution < 1.29 is 14.4 Å². The lowest BCUT2D eigenvalue weighted by Gasteiger charge is -2.31. The van der Waals surface area contributed by atoms with Gasteiger partial charge in [-0.3, -0.25) is 24.3 Å². The van der Waals surface area contributed by atoms with Crippen LogP contribution in [0.3, 0.4) is 0 Å². The molecule has 0 saturated carbocycles. The number of nitrogens with zero attached hydrogens (tertiary/aromatic N) is 3. The maximum absolute atomic E-state index is 13.1. The van der Waals surface area contributed by atoms with Gasteiger partial charge in [0.05, 0.1) is 11.6 Å². The van der Waals surface area contributed by atoms with Gasteiger partial charge >= 0.3 is 0 Å². The average molecular weight is 448 g/mol. The molecule has 2 heterocycles. The van der Waals surface area contributed by atoms with E-state index in [2.05, 4.69) is 15.3 Å². The number of para-hydroxylation sites is 2. The summed E-state index contributed by atoms with van der Waals surface area (Å²) in [7, 11) is 0. The molecule has 0 spiro atoms. The summed E-state index contributed by atoms with van der Waals surface area (Å²) in [5.41, 5.74) is 8.26. The summed E-state index contributed by atoms with van der Waals surface area (Å²) in [4.78, 5) is 39.1. The third-order valence-electron chi connectivity index (χ3n) is 6.23. The first kappa shape index (κ1) is 22.7. The Morgan fingerprint density at radius 3 is 2.55 bits per heavy atom. The van der Waals surface area contributed by atoms with Crippen LogP contribution in [0.15, 0.2) is 59.7 Å². The average Bonchev–Trinajstić information content (AvgIpc) is 3.27. The molecule has 0 aliphatic carbocycles. The number of primary amides is 1. The van der Waals surface area contributed by atoms with Crippen molar-refractivity contribution in [2.75, 3.05) is 23.4 Å². The quantitative estimate of drug-likeness (QED) is 0.678. The summed E-state index contributed by atoms with van der Waals surface area (Å²) in [5, 5.41) is 9.09. The number of nitrogens with two attached hydrogens (primary N) is 1. The van der Waals surface area contributed by atoms with Gasteiger partial charge in [0.25, 0.3) is 5.91 Å². The molecule has 3 N–H and O–H groups in total. The van der Waals surface area contributed by atoms with Gasteiger partial charge in [-0.25, -0.2) is 0 Å². The molecule has 2 aliphatic heterocycles. The van der Waals surface area contributed by atoms with E-state index >= 15 is 0 Å². The minimum absolute atomic E-state index is 0.0418. The molecule has 172 valence electrons. The molecule has 8 nitrogen and oxygen atoms in total. The Labute approximate surface area is 193 Å². The Balaban J connectivity index is 1.49. The highest BCUT2D eigenvalue weighted by Crippen LogP contribution is 2.26. The molecule has 1 fully saturated rings. The van der Waals surface area contributed by atoms with Crippen molar-refractivity contribution in [1.82, 2.24) is 4.90 Å². The van der Waals surface area contributed by atoms with E-state index in [1.54, 1.807) is 5.01 Å². The molecule has 0 aromatic heterocycles. The number of Topliss-reactive ketones (excluding diaryl/α,β-unsaturated/α-hetero) is 1. The van der Waals surface area contributed by atoms with Crippen LogP contribution in [-0.4, -0.2) is 47.3 Å². The molecule has 0 bridgehead atoms. The van der Waals surface area contributed by atoms with Crippen molar-refractivity contribution in [1.29, 1.82) is 0 Å². The van der Waals surface area contributed by atoms with Gasteiger partial charge in [0.15, 0.2) is 5.78 Å². The summed E-state index contributed by atoms with van der Waals surface area (Å²) in [5.74, 6) is -0.759. The monoisotopic (exact) mass is 447 g/mol. The maximum atomic E-state index is 13.1. The smallest absolute Gasteiger partial charge is 0.271 e. The van der Waals surface area contributed by atoms with Gasteiger partial charge in [0.1, 0.15) is 11.8 Å². The second-order valence-corrected chi connectivity index (χ2v) is 8.65.